The Morgan fingerprint density at radius 2 is 1.75 bits per heavy atom. The summed E-state index contributed by atoms with van der Waals surface area (Å²) in [6, 6.07) is 9.52. The molecule has 36 heavy (non-hydrogen) atoms. The lowest BCUT2D eigenvalue weighted by Gasteiger charge is -2.57. The van der Waals surface area contributed by atoms with Crippen molar-refractivity contribution in [3.63, 3.8) is 0 Å². The molecule has 3 saturated carbocycles. The molecule has 4 aliphatic carbocycles. The van der Waals surface area contributed by atoms with Gasteiger partial charge in [-0.3, -0.25) is 0 Å². The van der Waals surface area contributed by atoms with E-state index in [-0.39, 0.29) is 12.1 Å². The number of ether oxygens (including phenoxy) is 1. The van der Waals surface area contributed by atoms with Crippen molar-refractivity contribution in [2.45, 2.75) is 118 Å². The number of benzene rings is 1. The number of esters is 1. The van der Waals surface area contributed by atoms with Gasteiger partial charge in [-0.2, -0.15) is 0 Å². The first-order valence-electron chi connectivity index (χ1n) is 15.2. The molecule has 0 N–H and O–H groups in total. The van der Waals surface area contributed by atoms with Crippen LogP contribution in [0.25, 0.3) is 0 Å². The van der Waals surface area contributed by atoms with Crippen LogP contribution in [0.3, 0.4) is 0 Å². The van der Waals surface area contributed by atoms with Crippen LogP contribution in [-0.4, -0.2) is 12.1 Å². The second-order valence-corrected chi connectivity index (χ2v) is 13.9. The Bertz CT molecular complexity index is 961. The summed E-state index contributed by atoms with van der Waals surface area (Å²) in [5.74, 6) is 3.87. The Labute approximate surface area is 220 Å². The van der Waals surface area contributed by atoms with Gasteiger partial charge < -0.3 is 4.74 Å². The van der Waals surface area contributed by atoms with Crippen LogP contribution in [0, 0.1) is 40.4 Å². The zero-order valence-electron chi connectivity index (χ0n) is 23.7. The van der Waals surface area contributed by atoms with Crippen LogP contribution in [0.1, 0.15) is 122 Å². The highest BCUT2D eigenvalue weighted by Gasteiger charge is 2.56. The molecular weight excluding hydrogens is 440 g/mol. The van der Waals surface area contributed by atoms with Crippen molar-refractivity contribution in [2.75, 3.05) is 0 Å². The lowest BCUT2D eigenvalue weighted by atomic mass is 9.49. The van der Waals surface area contributed by atoms with E-state index in [0.29, 0.717) is 22.3 Å². The fourth-order valence-electron chi connectivity index (χ4n) is 9.35. The van der Waals surface area contributed by atoms with E-state index in [4.69, 9.17) is 4.74 Å². The summed E-state index contributed by atoms with van der Waals surface area (Å²) >= 11 is 0. The predicted molar refractivity (Wildman–Crippen MR) is 149 cm³/mol. The van der Waals surface area contributed by atoms with Crippen molar-refractivity contribution in [3.05, 3.63) is 47.0 Å². The Morgan fingerprint density at radius 3 is 2.50 bits per heavy atom. The van der Waals surface area contributed by atoms with E-state index >= 15 is 0 Å². The minimum absolute atomic E-state index is 0.0846. The van der Waals surface area contributed by atoms with Crippen molar-refractivity contribution < 1.29 is 9.53 Å². The SMILES string of the molecule is CC(C)CCC[C@@H](C)[C@@H]1CCC2=C3CC[C@@H]4C[C@@H](OC(=O)c5ccccc5)CC[C@]4(C)[C@@H]3CC[C@@]21C. The van der Waals surface area contributed by atoms with E-state index in [2.05, 4.69) is 34.6 Å². The molecular formula is C34H50O2. The van der Waals surface area contributed by atoms with Gasteiger partial charge in [-0.25, -0.2) is 4.79 Å². The highest BCUT2D eigenvalue weighted by atomic mass is 16.5. The zero-order valence-corrected chi connectivity index (χ0v) is 23.7. The van der Waals surface area contributed by atoms with Gasteiger partial charge in [-0.15, -0.1) is 0 Å². The minimum atomic E-state index is -0.143. The highest BCUT2D eigenvalue weighted by Crippen LogP contribution is 2.66. The highest BCUT2D eigenvalue weighted by molar-refractivity contribution is 5.89. The van der Waals surface area contributed by atoms with Crippen LogP contribution in [0.15, 0.2) is 41.5 Å². The Morgan fingerprint density at radius 1 is 0.972 bits per heavy atom. The van der Waals surface area contributed by atoms with Gasteiger partial charge in [0.1, 0.15) is 6.10 Å². The number of rotatable bonds is 7. The third-order valence-corrected chi connectivity index (χ3v) is 11.4. The topological polar surface area (TPSA) is 26.3 Å². The van der Waals surface area contributed by atoms with Crippen LogP contribution < -0.4 is 0 Å². The predicted octanol–water partition coefficient (Wildman–Crippen LogP) is 9.40. The van der Waals surface area contributed by atoms with E-state index < -0.39 is 0 Å². The van der Waals surface area contributed by atoms with E-state index in [1.165, 1.54) is 64.2 Å². The van der Waals surface area contributed by atoms with Gasteiger partial charge in [0.2, 0.25) is 0 Å². The van der Waals surface area contributed by atoms with E-state index in [1.807, 2.05) is 41.5 Å². The third kappa shape index (κ3) is 4.71. The first-order chi connectivity index (χ1) is 17.2. The smallest absolute Gasteiger partial charge is 0.338 e. The van der Waals surface area contributed by atoms with Crippen molar-refractivity contribution in [2.24, 2.45) is 40.4 Å². The summed E-state index contributed by atoms with van der Waals surface area (Å²) in [6.07, 6.45) is 15.7. The molecule has 5 rings (SSSR count). The van der Waals surface area contributed by atoms with Gasteiger partial charge in [0.05, 0.1) is 5.56 Å². The van der Waals surface area contributed by atoms with Crippen LogP contribution >= 0.6 is 0 Å². The monoisotopic (exact) mass is 490 g/mol. The molecule has 0 heterocycles. The number of carbonyl (C=O) groups excluding carboxylic acids is 1. The van der Waals surface area contributed by atoms with E-state index in [9.17, 15) is 4.79 Å². The normalized spacial score (nSPS) is 36.7. The quantitative estimate of drug-likeness (QED) is 0.281. The first kappa shape index (κ1) is 26.1. The molecule has 0 amide bonds. The average Bonchev–Trinajstić information content (AvgIpc) is 3.22. The maximum absolute atomic E-state index is 12.7. The molecule has 0 spiro atoms. The van der Waals surface area contributed by atoms with Gasteiger partial charge in [0.15, 0.2) is 0 Å². The third-order valence-electron chi connectivity index (χ3n) is 11.4. The molecule has 0 radical (unpaired) electrons. The minimum Gasteiger partial charge on any atom is -0.459 e. The van der Waals surface area contributed by atoms with Crippen LogP contribution in [0.4, 0.5) is 0 Å². The van der Waals surface area contributed by atoms with Crippen LogP contribution in [0.5, 0.6) is 0 Å². The van der Waals surface area contributed by atoms with E-state index in [1.54, 1.807) is 0 Å². The molecule has 1 aromatic rings. The zero-order chi connectivity index (χ0) is 25.5. The molecule has 0 bridgehead atoms. The van der Waals surface area contributed by atoms with Crippen LogP contribution in [0.2, 0.25) is 0 Å². The number of hydrogen-bond donors (Lipinski definition) is 0. The summed E-state index contributed by atoms with van der Waals surface area (Å²) in [4.78, 5) is 12.7. The molecule has 0 aromatic heterocycles. The fraction of sp³-hybridized carbons (Fsp3) is 0.735. The molecule has 0 saturated heterocycles. The molecule has 7 atom stereocenters. The maximum atomic E-state index is 12.7. The Balaban J connectivity index is 1.27. The summed E-state index contributed by atoms with van der Waals surface area (Å²) in [5.41, 5.74) is 5.31. The Kier molecular flexibility index (Phi) is 7.45. The summed E-state index contributed by atoms with van der Waals surface area (Å²) < 4.78 is 6.03. The van der Waals surface area contributed by atoms with Gasteiger partial charge in [0, 0.05) is 0 Å². The maximum Gasteiger partial charge on any atom is 0.338 e. The van der Waals surface area contributed by atoms with Gasteiger partial charge >= 0.3 is 5.97 Å². The van der Waals surface area contributed by atoms with Crippen molar-refractivity contribution in [3.8, 4) is 0 Å². The van der Waals surface area contributed by atoms with Crippen molar-refractivity contribution in [1.29, 1.82) is 0 Å². The number of hydrogen-bond acceptors (Lipinski definition) is 2. The number of allylic oxidation sites excluding steroid dienone is 2. The van der Waals surface area contributed by atoms with Gasteiger partial charge in [0.25, 0.3) is 0 Å². The van der Waals surface area contributed by atoms with Crippen LogP contribution in [-0.2, 0) is 4.74 Å². The molecule has 2 nitrogen and oxygen atoms in total. The summed E-state index contributed by atoms with van der Waals surface area (Å²) in [5, 5.41) is 0. The lowest BCUT2D eigenvalue weighted by Crippen LogP contribution is -2.48. The largest absolute Gasteiger partial charge is 0.459 e. The average molecular weight is 491 g/mol. The van der Waals surface area contributed by atoms with Crippen molar-refractivity contribution >= 4 is 5.97 Å². The second-order valence-electron chi connectivity index (χ2n) is 13.9. The standard InChI is InChI=1S/C34H50O2/c1-23(2)10-9-11-24(3)29-16-17-30-28-15-14-26-22-27(36-32(35)25-12-7-6-8-13-25)18-20-33(26,4)31(28)19-21-34(29,30)5/h6-8,12-13,23-24,26-27,29,31H,9-11,14-22H2,1-5H3/t24-,26-,27+,29+,31-,33+,34-/m1/s1. The number of fused-ring (bicyclic) bond motifs is 4. The molecule has 3 fully saturated rings. The summed E-state index contributed by atoms with van der Waals surface area (Å²) in [7, 11) is 0. The molecule has 1 aromatic carbocycles. The first-order valence-corrected chi connectivity index (χ1v) is 15.2. The number of carbonyl (C=O) groups is 1. The van der Waals surface area contributed by atoms with Gasteiger partial charge in [-0.1, -0.05) is 83.2 Å². The summed E-state index contributed by atoms with van der Waals surface area (Å²) in [6.45, 7) is 12.5. The van der Waals surface area contributed by atoms with Crippen molar-refractivity contribution in [1.82, 2.24) is 0 Å². The molecule has 0 unspecified atom stereocenters. The molecule has 2 heteroatoms. The molecule has 4 aliphatic rings. The lowest BCUT2D eigenvalue weighted by molar-refractivity contribution is -0.0499. The second kappa shape index (κ2) is 10.3. The molecule has 198 valence electrons. The van der Waals surface area contributed by atoms with Gasteiger partial charge in [-0.05, 0) is 110 Å². The van der Waals surface area contributed by atoms with E-state index in [0.717, 1.165) is 36.5 Å². The Hall–Kier alpha value is -1.57. The fourth-order valence-corrected chi connectivity index (χ4v) is 9.35. The molecule has 0 aliphatic heterocycles.